The lowest BCUT2D eigenvalue weighted by Crippen LogP contribution is -2.05. The van der Waals surface area contributed by atoms with Crippen LogP contribution in [0.2, 0.25) is 0 Å². The molecule has 0 saturated heterocycles. The number of hydrogen-bond acceptors (Lipinski definition) is 2. The van der Waals surface area contributed by atoms with Crippen LogP contribution in [-0.2, 0) is 4.79 Å². The average molecular weight is 238 g/mol. The molecule has 0 amide bonds. The SMILES string of the molecule is CC1=CC(=O)C(O)=C/C1=C/C=C/c1ccccc1. The topological polar surface area (TPSA) is 37.3 Å². The highest BCUT2D eigenvalue weighted by Crippen LogP contribution is 2.19. The van der Waals surface area contributed by atoms with Crippen molar-refractivity contribution in [3.05, 3.63) is 77.1 Å². The van der Waals surface area contributed by atoms with Gasteiger partial charge in [0.15, 0.2) is 5.76 Å². The van der Waals surface area contributed by atoms with Gasteiger partial charge in [-0.05, 0) is 35.8 Å². The Morgan fingerprint density at radius 1 is 1.11 bits per heavy atom. The first-order valence-electron chi connectivity index (χ1n) is 5.74. The van der Waals surface area contributed by atoms with E-state index >= 15 is 0 Å². The second-order valence-corrected chi connectivity index (χ2v) is 4.11. The molecule has 0 heterocycles. The molecule has 1 aromatic rings. The fraction of sp³-hybridized carbons (Fsp3) is 0.0625. The third-order valence-electron chi connectivity index (χ3n) is 2.71. The van der Waals surface area contributed by atoms with Crippen LogP contribution in [0.3, 0.4) is 0 Å². The van der Waals surface area contributed by atoms with E-state index in [-0.39, 0.29) is 11.5 Å². The number of aliphatic hydroxyl groups excluding tert-OH is 1. The second-order valence-electron chi connectivity index (χ2n) is 4.11. The molecule has 0 bridgehead atoms. The van der Waals surface area contributed by atoms with E-state index < -0.39 is 0 Å². The number of allylic oxidation sites excluding steroid dienone is 6. The molecule has 90 valence electrons. The molecule has 0 aliphatic heterocycles. The highest BCUT2D eigenvalue weighted by Gasteiger charge is 2.12. The molecule has 1 N–H and O–H groups in total. The van der Waals surface area contributed by atoms with Crippen LogP contribution in [0.1, 0.15) is 12.5 Å². The lowest BCUT2D eigenvalue weighted by Gasteiger charge is -2.08. The van der Waals surface area contributed by atoms with Crippen LogP contribution < -0.4 is 0 Å². The van der Waals surface area contributed by atoms with Gasteiger partial charge < -0.3 is 5.11 Å². The molecule has 1 aromatic carbocycles. The summed E-state index contributed by atoms with van der Waals surface area (Å²) >= 11 is 0. The van der Waals surface area contributed by atoms with Crippen molar-refractivity contribution in [2.75, 3.05) is 0 Å². The van der Waals surface area contributed by atoms with Crippen molar-refractivity contribution in [1.29, 1.82) is 0 Å². The molecule has 0 radical (unpaired) electrons. The number of ketones is 1. The minimum atomic E-state index is -0.336. The zero-order valence-electron chi connectivity index (χ0n) is 10.1. The smallest absolute Gasteiger partial charge is 0.220 e. The zero-order chi connectivity index (χ0) is 13.0. The third-order valence-corrected chi connectivity index (χ3v) is 2.71. The molecule has 0 aromatic heterocycles. The summed E-state index contributed by atoms with van der Waals surface area (Å²) in [6.07, 6.45) is 8.69. The van der Waals surface area contributed by atoms with Crippen LogP contribution in [0, 0.1) is 0 Å². The summed E-state index contributed by atoms with van der Waals surface area (Å²) in [5, 5.41) is 9.38. The molecule has 2 nitrogen and oxygen atoms in total. The van der Waals surface area contributed by atoms with Crippen LogP contribution in [0.5, 0.6) is 0 Å². The second kappa shape index (κ2) is 5.32. The van der Waals surface area contributed by atoms with Gasteiger partial charge in [0.05, 0.1) is 0 Å². The number of hydrogen-bond donors (Lipinski definition) is 1. The van der Waals surface area contributed by atoms with Gasteiger partial charge in [-0.1, -0.05) is 48.6 Å². The van der Waals surface area contributed by atoms with Crippen molar-refractivity contribution < 1.29 is 9.90 Å². The van der Waals surface area contributed by atoms with E-state index in [1.54, 1.807) is 0 Å². The monoisotopic (exact) mass is 238 g/mol. The fourth-order valence-electron chi connectivity index (χ4n) is 1.69. The van der Waals surface area contributed by atoms with Crippen molar-refractivity contribution in [3.8, 4) is 0 Å². The maximum absolute atomic E-state index is 11.2. The molecule has 1 aliphatic rings. The van der Waals surface area contributed by atoms with Crippen LogP contribution in [0.15, 0.2) is 71.5 Å². The molecule has 2 heteroatoms. The van der Waals surface area contributed by atoms with Crippen LogP contribution in [0.25, 0.3) is 6.08 Å². The first-order chi connectivity index (χ1) is 8.66. The minimum absolute atomic E-state index is 0.208. The zero-order valence-corrected chi connectivity index (χ0v) is 10.1. The number of aliphatic hydroxyl groups is 1. The lowest BCUT2D eigenvalue weighted by molar-refractivity contribution is -0.113. The molecule has 0 unspecified atom stereocenters. The Bertz CT molecular complexity index is 572. The molecular formula is C16H14O2. The Hall–Kier alpha value is -2.35. The molecule has 18 heavy (non-hydrogen) atoms. The predicted molar refractivity (Wildman–Crippen MR) is 73.0 cm³/mol. The number of rotatable bonds is 2. The van der Waals surface area contributed by atoms with E-state index in [9.17, 15) is 9.90 Å². The van der Waals surface area contributed by atoms with E-state index in [1.165, 1.54) is 12.2 Å². The highest BCUT2D eigenvalue weighted by molar-refractivity contribution is 6.05. The van der Waals surface area contributed by atoms with Gasteiger partial charge in [0, 0.05) is 0 Å². The quantitative estimate of drug-likeness (QED) is 0.854. The summed E-state index contributed by atoms with van der Waals surface area (Å²) in [5.41, 5.74) is 2.81. The first-order valence-corrected chi connectivity index (χ1v) is 5.74. The first kappa shape index (κ1) is 12.1. The maximum Gasteiger partial charge on any atom is 0.220 e. The molecule has 0 fully saturated rings. The number of carbonyl (C=O) groups excluding carboxylic acids is 1. The van der Waals surface area contributed by atoms with Gasteiger partial charge in [-0.2, -0.15) is 0 Å². The van der Waals surface area contributed by atoms with Crippen molar-refractivity contribution in [2.45, 2.75) is 6.92 Å². The molecule has 0 saturated carbocycles. The molecule has 0 spiro atoms. The van der Waals surface area contributed by atoms with E-state index in [0.29, 0.717) is 0 Å². The predicted octanol–water partition coefficient (Wildman–Crippen LogP) is 3.60. The summed E-state index contributed by atoms with van der Waals surface area (Å²) in [7, 11) is 0. The van der Waals surface area contributed by atoms with Gasteiger partial charge >= 0.3 is 0 Å². The Kier molecular flexibility index (Phi) is 3.58. The Balaban J connectivity index is 2.18. The third kappa shape index (κ3) is 2.86. The summed E-state index contributed by atoms with van der Waals surface area (Å²) < 4.78 is 0. The standard InChI is InChI=1S/C16H14O2/c1-12-10-15(17)16(18)11-14(12)9-5-8-13-6-3-2-4-7-13/h2-11,18H,1H3/b8-5+,14-9-. The van der Waals surface area contributed by atoms with Crippen molar-refractivity contribution in [1.82, 2.24) is 0 Å². The van der Waals surface area contributed by atoms with E-state index in [2.05, 4.69) is 0 Å². The van der Waals surface area contributed by atoms with Crippen molar-refractivity contribution >= 4 is 11.9 Å². The Labute approximate surface area is 106 Å². The normalized spacial score (nSPS) is 18.1. The van der Waals surface area contributed by atoms with Gasteiger partial charge in [-0.25, -0.2) is 0 Å². The molecule has 2 rings (SSSR count). The molecule has 1 aliphatic carbocycles. The number of benzene rings is 1. The fourth-order valence-corrected chi connectivity index (χ4v) is 1.69. The Morgan fingerprint density at radius 3 is 2.56 bits per heavy atom. The lowest BCUT2D eigenvalue weighted by atomic mass is 9.99. The van der Waals surface area contributed by atoms with Crippen molar-refractivity contribution in [3.63, 3.8) is 0 Å². The van der Waals surface area contributed by atoms with E-state index in [1.807, 2.05) is 55.5 Å². The summed E-state index contributed by atoms with van der Waals surface area (Å²) in [6.45, 7) is 1.85. The Morgan fingerprint density at radius 2 is 1.83 bits per heavy atom. The van der Waals surface area contributed by atoms with Gasteiger partial charge in [0.2, 0.25) is 5.78 Å². The van der Waals surface area contributed by atoms with Crippen LogP contribution in [0.4, 0.5) is 0 Å². The summed E-state index contributed by atoms with van der Waals surface area (Å²) in [5.74, 6) is -0.545. The van der Waals surface area contributed by atoms with Crippen molar-refractivity contribution in [2.24, 2.45) is 0 Å². The van der Waals surface area contributed by atoms with E-state index in [0.717, 1.165) is 16.7 Å². The summed E-state index contributed by atoms with van der Waals surface area (Å²) in [6, 6.07) is 9.94. The van der Waals surface area contributed by atoms with Crippen LogP contribution in [-0.4, -0.2) is 10.9 Å². The van der Waals surface area contributed by atoms with E-state index in [4.69, 9.17) is 0 Å². The average Bonchev–Trinajstić information content (AvgIpc) is 2.37. The van der Waals surface area contributed by atoms with Gasteiger partial charge in [-0.3, -0.25) is 4.79 Å². The highest BCUT2D eigenvalue weighted by atomic mass is 16.3. The molecular weight excluding hydrogens is 224 g/mol. The van der Waals surface area contributed by atoms with Gasteiger partial charge in [0.1, 0.15) is 0 Å². The van der Waals surface area contributed by atoms with Crippen LogP contribution >= 0.6 is 0 Å². The minimum Gasteiger partial charge on any atom is -0.504 e. The molecule has 0 atom stereocenters. The van der Waals surface area contributed by atoms with Gasteiger partial charge in [-0.15, -0.1) is 0 Å². The van der Waals surface area contributed by atoms with Gasteiger partial charge in [0.25, 0.3) is 0 Å². The maximum atomic E-state index is 11.2. The number of carbonyl (C=O) groups is 1. The largest absolute Gasteiger partial charge is 0.504 e. The summed E-state index contributed by atoms with van der Waals surface area (Å²) in [4.78, 5) is 11.2.